The molecular weight excluding hydrogens is 310 g/mol. The van der Waals surface area contributed by atoms with Gasteiger partial charge in [-0.15, -0.1) is 5.10 Å². The highest BCUT2D eigenvalue weighted by Crippen LogP contribution is 2.26. The predicted octanol–water partition coefficient (Wildman–Crippen LogP) is 0.939. The van der Waals surface area contributed by atoms with Crippen molar-refractivity contribution in [1.29, 1.82) is 0 Å². The van der Waals surface area contributed by atoms with Gasteiger partial charge in [0.25, 0.3) is 0 Å². The van der Waals surface area contributed by atoms with Gasteiger partial charge < -0.3 is 20.2 Å². The third kappa shape index (κ3) is 3.03. The van der Waals surface area contributed by atoms with Crippen LogP contribution >= 0.6 is 0 Å². The lowest BCUT2D eigenvalue weighted by molar-refractivity contribution is 0.0398. The first-order valence-electron chi connectivity index (χ1n) is 7.91. The minimum Gasteiger partial charge on any atom is -0.403 e. The number of rotatable bonds is 5. The highest BCUT2D eigenvalue weighted by Gasteiger charge is 2.12. The van der Waals surface area contributed by atoms with E-state index >= 15 is 0 Å². The molecule has 126 valence electrons. The topological polar surface area (TPSA) is 118 Å². The van der Waals surface area contributed by atoms with Crippen LogP contribution in [0.4, 0.5) is 11.8 Å². The number of aromatic nitrogens is 4. The Morgan fingerprint density at radius 2 is 2.12 bits per heavy atom. The first-order valence-corrected chi connectivity index (χ1v) is 7.91. The van der Waals surface area contributed by atoms with Crippen LogP contribution in [0.5, 0.6) is 0 Å². The molecule has 1 saturated heterocycles. The van der Waals surface area contributed by atoms with E-state index in [9.17, 15) is 0 Å². The van der Waals surface area contributed by atoms with Gasteiger partial charge in [0.05, 0.1) is 18.7 Å². The van der Waals surface area contributed by atoms with Gasteiger partial charge >= 0.3 is 6.01 Å². The number of nitrogen functional groups attached to an aromatic ring is 1. The summed E-state index contributed by atoms with van der Waals surface area (Å²) < 4.78 is 11.0. The Morgan fingerprint density at radius 1 is 1.25 bits per heavy atom. The minimum absolute atomic E-state index is 0.415. The maximum atomic E-state index is 5.83. The summed E-state index contributed by atoms with van der Waals surface area (Å²) in [5, 5.41) is 19.0. The number of ether oxygens (including phenoxy) is 1. The molecule has 24 heavy (non-hydrogen) atoms. The fourth-order valence-electron chi connectivity index (χ4n) is 2.72. The number of nitrogens with two attached hydrogens (primary N) is 1. The van der Waals surface area contributed by atoms with E-state index in [0.29, 0.717) is 17.7 Å². The van der Waals surface area contributed by atoms with E-state index in [2.05, 4.69) is 30.6 Å². The number of hydrogen-bond donors (Lipinski definition) is 3. The fraction of sp³-hybridized carbons (Fsp3) is 0.400. The first-order chi connectivity index (χ1) is 11.8. The maximum absolute atomic E-state index is 5.83. The number of H-pyrrole nitrogens is 1. The summed E-state index contributed by atoms with van der Waals surface area (Å²) in [4.78, 5) is 2.34. The number of anilines is 2. The number of aromatic amines is 1. The van der Waals surface area contributed by atoms with Gasteiger partial charge in [-0.2, -0.15) is 5.10 Å². The zero-order valence-electron chi connectivity index (χ0n) is 13.2. The van der Waals surface area contributed by atoms with Crippen LogP contribution in [0.1, 0.15) is 0 Å². The SMILES string of the molecule is Nc1n[nH]c2ccc(-c3nnc(NCCN4CCOCC4)o3)cc12. The molecule has 0 unspecified atom stereocenters. The van der Waals surface area contributed by atoms with Crippen LogP contribution in [-0.2, 0) is 4.74 Å². The molecule has 3 aromatic rings. The molecule has 1 aliphatic heterocycles. The van der Waals surface area contributed by atoms with Crippen LogP contribution < -0.4 is 11.1 Å². The molecule has 2 aromatic heterocycles. The number of benzene rings is 1. The fourth-order valence-corrected chi connectivity index (χ4v) is 2.72. The molecule has 0 spiro atoms. The predicted molar refractivity (Wildman–Crippen MR) is 89.5 cm³/mol. The second-order valence-corrected chi connectivity index (χ2v) is 5.66. The number of nitrogens with one attached hydrogen (secondary N) is 2. The van der Waals surface area contributed by atoms with Crippen LogP contribution in [0.2, 0.25) is 0 Å². The Labute approximate surface area is 138 Å². The largest absolute Gasteiger partial charge is 0.403 e. The summed E-state index contributed by atoms with van der Waals surface area (Å²) in [6.45, 7) is 5.17. The molecule has 0 amide bonds. The van der Waals surface area contributed by atoms with Gasteiger partial charge in [-0.05, 0) is 18.2 Å². The number of morpholine rings is 1. The van der Waals surface area contributed by atoms with E-state index in [0.717, 1.165) is 55.9 Å². The van der Waals surface area contributed by atoms with Gasteiger partial charge in [-0.25, -0.2) is 0 Å². The van der Waals surface area contributed by atoms with Crippen LogP contribution in [0.15, 0.2) is 22.6 Å². The van der Waals surface area contributed by atoms with Crippen molar-refractivity contribution in [3.8, 4) is 11.5 Å². The molecule has 0 atom stereocenters. The zero-order valence-corrected chi connectivity index (χ0v) is 13.2. The number of hydrogen-bond acceptors (Lipinski definition) is 8. The van der Waals surface area contributed by atoms with Crippen molar-refractivity contribution in [3.05, 3.63) is 18.2 Å². The third-order valence-corrected chi connectivity index (χ3v) is 4.07. The number of nitrogens with zero attached hydrogens (tertiary/aromatic N) is 4. The highest BCUT2D eigenvalue weighted by atomic mass is 16.5. The lowest BCUT2D eigenvalue weighted by Crippen LogP contribution is -2.39. The Bertz CT molecular complexity index is 822. The lowest BCUT2D eigenvalue weighted by atomic mass is 10.1. The summed E-state index contributed by atoms with van der Waals surface area (Å²) in [7, 11) is 0. The molecular formula is C15H19N7O2. The van der Waals surface area contributed by atoms with Crippen LogP contribution in [0.25, 0.3) is 22.4 Å². The van der Waals surface area contributed by atoms with E-state index in [1.165, 1.54) is 0 Å². The average Bonchev–Trinajstić information content (AvgIpc) is 3.23. The molecule has 9 nitrogen and oxygen atoms in total. The Balaban J connectivity index is 1.40. The molecule has 9 heteroatoms. The average molecular weight is 329 g/mol. The summed E-state index contributed by atoms with van der Waals surface area (Å²) in [6, 6.07) is 6.09. The Kier molecular flexibility index (Phi) is 4.01. The van der Waals surface area contributed by atoms with Crippen molar-refractivity contribution in [1.82, 2.24) is 25.3 Å². The molecule has 1 aliphatic rings. The van der Waals surface area contributed by atoms with Crippen molar-refractivity contribution in [2.24, 2.45) is 0 Å². The molecule has 0 aliphatic carbocycles. The molecule has 0 bridgehead atoms. The van der Waals surface area contributed by atoms with Crippen LogP contribution in [0.3, 0.4) is 0 Å². The maximum Gasteiger partial charge on any atom is 0.315 e. The van der Waals surface area contributed by atoms with E-state index in [1.807, 2.05) is 18.2 Å². The first kappa shape index (κ1) is 14.9. The molecule has 4 rings (SSSR count). The van der Waals surface area contributed by atoms with Gasteiger partial charge in [0.2, 0.25) is 5.89 Å². The van der Waals surface area contributed by atoms with Crippen molar-refractivity contribution < 1.29 is 9.15 Å². The van der Waals surface area contributed by atoms with E-state index in [1.54, 1.807) is 0 Å². The molecule has 3 heterocycles. The van der Waals surface area contributed by atoms with Crippen molar-refractivity contribution in [2.75, 3.05) is 50.4 Å². The minimum atomic E-state index is 0.415. The molecule has 4 N–H and O–H groups in total. The monoisotopic (exact) mass is 329 g/mol. The quantitative estimate of drug-likeness (QED) is 0.633. The van der Waals surface area contributed by atoms with Gasteiger partial charge in [-0.3, -0.25) is 10.00 Å². The lowest BCUT2D eigenvalue weighted by Gasteiger charge is -2.26. The van der Waals surface area contributed by atoms with Crippen LogP contribution in [0, 0.1) is 0 Å². The molecule has 1 aromatic carbocycles. The molecule has 1 fully saturated rings. The van der Waals surface area contributed by atoms with Crippen molar-refractivity contribution in [3.63, 3.8) is 0 Å². The second-order valence-electron chi connectivity index (χ2n) is 5.66. The standard InChI is InChI=1S/C15H19N7O2/c16-13-11-9-10(1-2-12(11)18-19-13)14-20-21-15(24-14)17-3-4-22-5-7-23-8-6-22/h1-2,9H,3-8H2,(H,17,21)(H3,16,18,19). The van der Waals surface area contributed by atoms with Crippen molar-refractivity contribution in [2.45, 2.75) is 0 Å². The van der Waals surface area contributed by atoms with Gasteiger partial charge in [-0.1, -0.05) is 5.10 Å². The highest BCUT2D eigenvalue weighted by molar-refractivity contribution is 5.91. The smallest absolute Gasteiger partial charge is 0.315 e. The molecule has 0 radical (unpaired) electrons. The summed E-state index contributed by atoms with van der Waals surface area (Å²) in [5.41, 5.74) is 7.51. The summed E-state index contributed by atoms with van der Waals surface area (Å²) in [5.74, 6) is 0.904. The Morgan fingerprint density at radius 3 is 3.00 bits per heavy atom. The van der Waals surface area contributed by atoms with E-state index in [-0.39, 0.29) is 0 Å². The van der Waals surface area contributed by atoms with E-state index < -0.39 is 0 Å². The Hall–Kier alpha value is -2.65. The second kappa shape index (κ2) is 6.46. The van der Waals surface area contributed by atoms with Gasteiger partial charge in [0.1, 0.15) is 0 Å². The van der Waals surface area contributed by atoms with Gasteiger partial charge in [0.15, 0.2) is 5.82 Å². The third-order valence-electron chi connectivity index (χ3n) is 4.07. The summed E-state index contributed by atoms with van der Waals surface area (Å²) in [6.07, 6.45) is 0. The molecule has 0 saturated carbocycles. The number of fused-ring (bicyclic) bond motifs is 1. The summed E-state index contributed by atoms with van der Waals surface area (Å²) >= 11 is 0. The van der Waals surface area contributed by atoms with Gasteiger partial charge in [0, 0.05) is 37.1 Å². The van der Waals surface area contributed by atoms with E-state index in [4.69, 9.17) is 14.9 Å². The zero-order chi connectivity index (χ0) is 16.4. The normalized spacial score (nSPS) is 15.8. The van der Waals surface area contributed by atoms with Crippen molar-refractivity contribution >= 4 is 22.7 Å². The van der Waals surface area contributed by atoms with Crippen LogP contribution in [-0.4, -0.2) is 64.7 Å².